The molecule has 7 heteroatoms. The Labute approximate surface area is 99.0 Å². The Kier molecular flexibility index (Phi) is 2.66. The van der Waals surface area contributed by atoms with Crippen molar-refractivity contribution in [1.29, 1.82) is 0 Å². The summed E-state index contributed by atoms with van der Waals surface area (Å²) in [7, 11) is 0. The van der Waals surface area contributed by atoms with Crippen molar-refractivity contribution in [2.45, 2.75) is 0 Å². The van der Waals surface area contributed by atoms with E-state index in [4.69, 9.17) is 46.4 Å². The average molecular weight is 269 g/mol. The second-order valence-corrected chi connectivity index (χ2v) is 3.91. The first-order valence-electron chi connectivity index (χ1n) is 3.42. The summed E-state index contributed by atoms with van der Waals surface area (Å²) < 4.78 is 0. The fraction of sp³-hybridized carbons (Fsp3) is 0. The molecule has 0 saturated carbocycles. The van der Waals surface area contributed by atoms with E-state index in [9.17, 15) is 0 Å². The van der Waals surface area contributed by atoms with Crippen molar-refractivity contribution in [1.82, 2.24) is 15.0 Å². The van der Waals surface area contributed by atoms with Crippen LogP contribution in [0.25, 0.3) is 11.2 Å². The number of hydrogen-bond donors (Lipinski definition) is 0. The summed E-state index contributed by atoms with van der Waals surface area (Å²) in [6.07, 6.45) is 0. The molecule has 0 saturated heterocycles. The summed E-state index contributed by atoms with van der Waals surface area (Å²) in [5.74, 6) is 0. The van der Waals surface area contributed by atoms with Gasteiger partial charge in [-0.15, -0.1) is 0 Å². The molecule has 0 spiro atoms. The van der Waals surface area contributed by atoms with Crippen LogP contribution in [0, 0.1) is 0 Å². The van der Waals surface area contributed by atoms with Crippen molar-refractivity contribution in [3.63, 3.8) is 0 Å². The van der Waals surface area contributed by atoms with Crippen molar-refractivity contribution < 1.29 is 0 Å². The van der Waals surface area contributed by atoms with Gasteiger partial charge in [0, 0.05) is 0 Å². The Morgan fingerprint density at radius 2 is 1.50 bits per heavy atom. The van der Waals surface area contributed by atoms with Crippen molar-refractivity contribution in [2.24, 2.45) is 0 Å². The molecular weight excluding hydrogens is 268 g/mol. The van der Waals surface area contributed by atoms with Crippen molar-refractivity contribution in [3.8, 4) is 0 Å². The Balaban J connectivity index is 2.89. The summed E-state index contributed by atoms with van der Waals surface area (Å²) in [6.45, 7) is 0. The van der Waals surface area contributed by atoms with Crippen LogP contribution in [0.2, 0.25) is 20.5 Å². The van der Waals surface area contributed by atoms with E-state index in [1.165, 1.54) is 6.07 Å². The molecule has 0 N–H and O–H groups in total. The largest absolute Gasteiger partial charge is 0.228 e. The molecular formula is C7HCl4N3. The van der Waals surface area contributed by atoms with Crippen LogP contribution >= 0.6 is 46.4 Å². The van der Waals surface area contributed by atoms with Gasteiger partial charge in [-0.25, -0.2) is 15.0 Å². The Hall–Kier alpha value is -0.350. The van der Waals surface area contributed by atoms with Gasteiger partial charge in [0.1, 0.15) is 10.7 Å². The second-order valence-electron chi connectivity index (χ2n) is 2.40. The molecule has 0 radical (unpaired) electrons. The molecule has 0 bridgehead atoms. The molecule has 2 aromatic rings. The predicted octanol–water partition coefficient (Wildman–Crippen LogP) is 3.64. The summed E-state index contributed by atoms with van der Waals surface area (Å²) in [6, 6.07) is 1.46. The standard InChI is InChI=1S/C7HCl4N3/c8-2-1-3(9)12-7-4(2)13-5(10)6(11)14-7/h1H. The number of pyridine rings is 1. The van der Waals surface area contributed by atoms with Gasteiger partial charge in [0.05, 0.1) is 5.02 Å². The van der Waals surface area contributed by atoms with Gasteiger partial charge in [-0.3, -0.25) is 0 Å². The van der Waals surface area contributed by atoms with E-state index in [-0.39, 0.29) is 21.1 Å². The molecule has 3 nitrogen and oxygen atoms in total. The minimum absolute atomic E-state index is 0.0741. The van der Waals surface area contributed by atoms with E-state index in [0.717, 1.165) is 0 Å². The zero-order chi connectivity index (χ0) is 10.3. The molecule has 0 aliphatic heterocycles. The third-order valence-corrected chi connectivity index (χ3v) is 2.59. The maximum absolute atomic E-state index is 5.86. The highest BCUT2D eigenvalue weighted by Crippen LogP contribution is 2.26. The van der Waals surface area contributed by atoms with Crippen molar-refractivity contribution in [2.75, 3.05) is 0 Å². The van der Waals surface area contributed by atoms with Crippen LogP contribution in [0.5, 0.6) is 0 Å². The molecule has 2 rings (SSSR count). The molecule has 0 aliphatic rings. The van der Waals surface area contributed by atoms with Gasteiger partial charge in [-0.1, -0.05) is 46.4 Å². The topological polar surface area (TPSA) is 38.7 Å². The van der Waals surface area contributed by atoms with Crippen LogP contribution in [0.3, 0.4) is 0 Å². The van der Waals surface area contributed by atoms with E-state index in [1.54, 1.807) is 0 Å². The highest BCUT2D eigenvalue weighted by Gasteiger charge is 2.09. The number of aromatic nitrogens is 3. The normalized spacial score (nSPS) is 10.9. The maximum Gasteiger partial charge on any atom is 0.182 e. The Bertz CT molecular complexity index is 514. The van der Waals surface area contributed by atoms with Crippen LogP contribution in [0.4, 0.5) is 0 Å². The average Bonchev–Trinajstić information content (AvgIpc) is 2.08. The van der Waals surface area contributed by atoms with E-state index in [1.807, 2.05) is 0 Å². The van der Waals surface area contributed by atoms with E-state index < -0.39 is 0 Å². The predicted molar refractivity (Wildman–Crippen MR) is 57.4 cm³/mol. The lowest BCUT2D eigenvalue weighted by molar-refractivity contribution is 1.22. The third-order valence-electron chi connectivity index (χ3n) is 1.48. The highest BCUT2D eigenvalue weighted by molar-refractivity contribution is 6.41. The summed E-state index contributed by atoms with van der Waals surface area (Å²) >= 11 is 22.9. The van der Waals surface area contributed by atoms with E-state index in [0.29, 0.717) is 10.5 Å². The fourth-order valence-corrected chi connectivity index (χ4v) is 1.66. The molecule has 0 aliphatic carbocycles. The molecule has 14 heavy (non-hydrogen) atoms. The summed E-state index contributed by atoms with van der Waals surface area (Å²) in [5, 5.41) is 0.733. The Morgan fingerprint density at radius 3 is 2.21 bits per heavy atom. The lowest BCUT2D eigenvalue weighted by atomic mass is 10.4. The van der Waals surface area contributed by atoms with Crippen LogP contribution in [-0.2, 0) is 0 Å². The molecule has 0 atom stereocenters. The summed E-state index contributed by atoms with van der Waals surface area (Å²) in [4.78, 5) is 11.7. The smallest absolute Gasteiger partial charge is 0.182 e. The van der Waals surface area contributed by atoms with Crippen LogP contribution in [0.1, 0.15) is 0 Å². The number of halogens is 4. The van der Waals surface area contributed by atoms with E-state index >= 15 is 0 Å². The first kappa shape index (κ1) is 10.2. The fourth-order valence-electron chi connectivity index (χ4n) is 0.931. The quantitative estimate of drug-likeness (QED) is 0.685. The highest BCUT2D eigenvalue weighted by atomic mass is 35.5. The Morgan fingerprint density at radius 1 is 0.857 bits per heavy atom. The van der Waals surface area contributed by atoms with Crippen molar-refractivity contribution in [3.05, 3.63) is 26.5 Å². The van der Waals surface area contributed by atoms with Crippen molar-refractivity contribution >= 4 is 57.6 Å². The van der Waals surface area contributed by atoms with Gasteiger partial charge in [0.25, 0.3) is 0 Å². The SMILES string of the molecule is Clc1cc(Cl)c2nc(Cl)c(Cl)nc2n1. The first-order valence-corrected chi connectivity index (χ1v) is 4.94. The van der Waals surface area contributed by atoms with E-state index in [2.05, 4.69) is 15.0 Å². The molecule has 2 heterocycles. The van der Waals surface area contributed by atoms with Gasteiger partial charge in [0.2, 0.25) is 0 Å². The van der Waals surface area contributed by atoms with Gasteiger partial charge < -0.3 is 0 Å². The van der Waals surface area contributed by atoms with Crippen LogP contribution in [-0.4, -0.2) is 15.0 Å². The van der Waals surface area contributed by atoms with Crippen LogP contribution < -0.4 is 0 Å². The third kappa shape index (κ3) is 1.73. The molecule has 0 amide bonds. The van der Waals surface area contributed by atoms with Gasteiger partial charge in [0.15, 0.2) is 16.0 Å². The zero-order valence-corrected chi connectivity index (χ0v) is 9.45. The van der Waals surface area contributed by atoms with Gasteiger partial charge >= 0.3 is 0 Å². The van der Waals surface area contributed by atoms with Crippen LogP contribution in [0.15, 0.2) is 6.07 Å². The number of fused-ring (bicyclic) bond motifs is 1. The van der Waals surface area contributed by atoms with Gasteiger partial charge in [-0.05, 0) is 6.07 Å². The molecule has 72 valence electrons. The lowest BCUT2D eigenvalue weighted by Gasteiger charge is -2.00. The molecule has 0 aromatic carbocycles. The van der Waals surface area contributed by atoms with Gasteiger partial charge in [-0.2, -0.15) is 0 Å². The minimum atomic E-state index is 0.0741. The summed E-state index contributed by atoms with van der Waals surface area (Å²) in [5.41, 5.74) is 0.655. The number of nitrogens with zero attached hydrogens (tertiary/aromatic N) is 3. The maximum atomic E-state index is 5.86. The number of hydrogen-bond acceptors (Lipinski definition) is 3. The monoisotopic (exact) mass is 267 g/mol. The zero-order valence-electron chi connectivity index (χ0n) is 6.43. The lowest BCUT2D eigenvalue weighted by Crippen LogP contribution is -1.91. The second kappa shape index (κ2) is 3.66. The minimum Gasteiger partial charge on any atom is -0.228 e. The number of rotatable bonds is 0. The molecule has 2 aromatic heterocycles. The first-order chi connectivity index (χ1) is 6.58. The molecule has 0 unspecified atom stereocenters. The molecule has 0 fully saturated rings.